The van der Waals surface area contributed by atoms with Crippen molar-refractivity contribution in [1.29, 1.82) is 0 Å². The van der Waals surface area contributed by atoms with Crippen LogP contribution in [0.3, 0.4) is 0 Å². The number of hydrogen-bond donors (Lipinski definition) is 3. The van der Waals surface area contributed by atoms with E-state index in [2.05, 4.69) is 15.3 Å². The maximum Gasteiger partial charge on any atom is 0.267 e. The molecule has 2 aromatic heterocycles. The topological polar surface area (TPSA) is 125 Å². The minimum atomic E-state index is -0.458. The van der Waals surface area contributed by atoms with E-state index in [9.17, 15) is 4.79 Å². The Morgan fingerprint density at radius 3 is 2.66 bits per heavy atom. The van der Waals surface area contributed by atoms with E-state index >= 15 is 0 Å². The van der Waals surface area contributed by atoms with Crippen LogP contribution in [0.2, 0.25) is 5.02 Å². The summed E-state index contributed by atoms with van der Waals surface area (Å²) in [6.45, 7) is 2.03. The van der Waals surface area contributed by atoms with Gasteiger partial charge >= 0.3 is 0 Å². The zero-order valence-electron chi connectivity index (χ0n) is 17.1. The lowest BCUT2D eigenvalue weighted by atomic mass is 10.1. The van der Waals surface area contributed by atoms with Crippen molar-refractivity contribution in [2.75, 3.05) is 17.6 Å². The molecule has 0 spiro atoms. The minimum Gasteiger partial charge on any atom is -0.368 e. The Labute approximate surface area is 194 Å². The summed E-state index contributed by atoms with van der Waals surface area (Å²) in [6, 6.07) is 14.0. The van der Waals surface area contributed by atoms with Crippen molar-refractivity contribution in [3.63, 3.8) is 0 Å². The van der Waals surface area contributed by atoms with Crippen LogP contribution in [0.4, 0.5) is 11.8 Å². The van der Waals surface area contributed by atoms with Crippen LogP contribution in [0.25, 0.3) is 16.6 Å². The average Bonchev–Trinajstić information content (AvgIpc) is 2.79. The summed E-state index contributed by atoms with van der Waals surface area (Å²) in [4.78, 5) is 27.1. The van der Waals surface area contributed by atoms with Crippen LogP contribution >= 0.6 is 23.8 Å². The normalized spacial score (nSPS) is 12.0. The number of hydrogen-bond acceptors (Lipinski definition) is 8. The Morgan fingerprint density at radius 1 is 1.19 bits per heavy atom. The van der Waals surface area contributed by atoms with E-state index in [-0.39, 0.29) is 18.1 Å². The van der Waals surface area contributed by atoms with Crippen LogP contribution in [-0.2, 0) is 0 Å². The predicted octanol–water partition coefficient (Wildman–Crippen LogP) is 3.26. The molecule has 0 saturated carbocycles. The number of nitrogen functional groups attached to an aromatic ring is 1. The molecule has 10 heteroatoms. The molecule has 0 saturated heterocycles. The lowest BCUT2D eigenvalue weighted by Crippen LogP contribution is -2.28. The van der Waals surface area contributed by atoms with Gasteiger partial charge in [-0.15, -0.1) is 0 Å². The first-order chi connectivity index (χ1) is 15.4. The molecular formula is C22H20ClN7OS. The van der Waals surface area contributed by atoms with Gasteiger partial charge in [0.1, 0.15) is 11.6 Å². The maximum absolute atomic E-state index is 13.5. The molecule has 0 aliphatic carbocycles. The molecule has 32 heavy (non-hydrogen) atoms. The first-order valence-electron chi connectivity index (χ1n) is 9.79. The third-order valence-electron chi connectivity index (χ3n) is 4.92. The molecule has 0 amide bonds. The molecule has 1 unspecified atom stereocenters. The van der Waals surface area contributed by atoms with Crippen molar-refractivity contribution in [1.82, 2.24) is 19.5 Å². The van der Waals surface area contributed by atoms with Gasteiger partial charge in [-0.2, -0.15) is 4.98 Å². The number of nitrogens with zero attached hydrogens (tertiary/aromatic N) is 4. The van der Waals surface area contributed by atoms with Crippen LogP contribution in [0.15, 0.2) is 59.5 Å². The Bertz CT molecular complexity index is 1370. The summed E-state index contributed by atoms with van der Waals surface area (Å²) in [5.74, 6) is 0.972. The molecule has 0 radical (unpaired) electrons. The van der Waals surface area contributed by atoms with Crippen LogP contribution in [-0.4, -0.2) is 30.9 Å². The highest BCUT2D eigenvalue weighted by Crippen LogP contribution is 2.25. The van der Waals surface area contributed by atoms with E-state index in [0.29, 0.717) is 43.7 Å². The second-order valence-electron chi connectivity index (χ2n) is 7.06. The van der Waals surface area contributed by atoms with Crippen LogP contribution in [0, 0.1) is 0 Å². The van der Waals surface area contributed by atoms with Crippen LogP contribution in [0.1, 0.15) is 24.4 Å². The molecule has 8 nitrogen and oxygen atoms in total. The number of nitrogens with two attached hydrogens (primary N) is 2. The second-order valence-corrected chi connectivity index (χ2v) is 7.96. The maximum atomic E-state index is 13.5. The Hall–Kier alpha value is -3.40. The molecule has 5 N–H and O–H groups in total. The van der Waals surface area contributed by atoms with E-state index in [0.717, 1.165) is 0 Å². The third-order valence-corrected chi connectivity index (χ3v) is 5.62. The van der Waals surface area contributed by atoms with Gasteiger partial charge < -0.3 is 16.8 Å². The number of anilines is 2. The van der Waals surface area contributed by atoms with Crippen molar-refractivity contribution in [3.05, 3.63) is 81.5 Å². The fourth-order valence-electron chi connectivity index (χ4n) is 3.41. The van der Waals surface area contributed by atoms with Gasteiger partial charge in [-0.3, -0.25) is 9.36 Å². The summed E-state index contributed by atoms with van der Waals surface area (Å²) in [6.07, 6.45) is 1.53. The van der Waals surface area contributed by atoms with E-state index in [1.165, 1.54) is 10.8 Å². The number of halogens is 1. The number of aromatic nitrogens is 4. The lowest BCUT2D eigenvalue weighted by molar-refractivity contribution is 0.731. The molecule has 4 aromatic rings. The molecule has 2 aromatic carbocycles. The summed E-state index contributed by atoms with van der Waals surface area (Å²) in [5, 5.41) is 3.97. The fourth-order valence-corrected chi connectivity index (χ4v) is 3.81. The molecule has 1 atom stereocenters. The highest BCUT2D eigenvalue weighted by Gasteiger charge is 2.21. The van der Waals surface area contributed by atoms with E-state index in [1.807, 2.05) is 37.3 Å². The van der Waals surface area contributed by atoms with Crippen molar-refractivity contribution in [2.24, 2.45) is 5.73 Å². The number of fused-ring (bicyclic) bond motifs is 1. The number of thiocarbonyl (C=S) groups is 1. The number of rotatable bonds is 6. The number of nitrogens with one attached hydrogen (secondary N) is 1. The quantitative estimate of drug-likeness (QED) is 0.292. The second kappa shape index (κ2) is 8.99. The van der Waals surface area contributed by atoms with Gasteiger partial charge in [0.15, 0.2) is 0 Å². The van der Waals surface area contributed by atoms with Gasteiger partial charge in [0.2, 0.25) is 5.95 Å². The molecule has 0 bridgehead atoms. The first kappa shape index (κ1) is 21.8. The summed E-state index contributed by atoms with van der Waals surface area (Å²) < 4.78 is 1.54. The Kier molecular flexibility index (Phi) is 6.13. The van der Waals surface area contributed by atoms with Crippen molar-refractivity contribution in [2.45, 2.75) is 13.0 Å². The highest BCUT2D eigenvalue weighted by molar-refractivity contribution is 7.81. The van der Waals surface area contributed by atoms with Gasteiger partial charge in [0.25, 0.3) is 5.56 Å². The first-order valence-corrected chi connectivity index (χ1v) is 10.6. The fraction of sp³-hybridized carbons (Fsp3) is 0.136. The molecule has 0 aliphatic rings. The zero-order chi connectivity index (χ0) is 22.8. The monoisotopic (exact) mass is 465 g/mol. The largest absolute Gasteiger partial charge is 0.368 e. The van der Waals surface area contributed by atoms with Crippen molar-refractivity contribution >= 4 is 51.4 Å². The van der Waals surface area contributed by atoms with Gasteiger partial charge in [-0.25, -0.2) is 9.97 Å². The SMILES string of the molecule is CC(Nc1nc(N)ncc1C(=S)CN)c1nc2cccc(Cl)c2c(=O)n1-c1ccccc1. The molecule has 2 heterocycles. The van der Waals surface area contributed by atoms with Gasteiger partial charge in [0.05, 0.1) is 33.2 Å². The van der Waals surface area contributed by atoms with E-state index < -0.39 is 6.04 Å². The molecular weight excluding hydrogens is 446 g/mol. The molecule has 0 fully saturated rings. The van der Waals surface area contributed by atoms with Crippen LogP contribution < -0.4 is 22.3 Å². The molecule has 4 rings (SSSR count). The zero-order valence-corrected chi connectivity index (χ0v) is 18.7. The Balaban J connectivity index is 1.91. The van der Waals surface area contributed by atoms with Crippen LogP contribution in [0.5, 0.6) is 0 Å². The standard InChI is InChI=1S/C22H20ClN7OS/c1-12(27-19-14(17(32)10-24)11-26-22(25)29-19)20-28-16-9-5-8-15(23)18(16)21(31)30(20)13-6-3-2-4-7-13/h2-9,11-12H,10,24H2,1H3,(H3,25,26,27,29). The summed E-state index contributed by atoms with van der Waals surface area (Å²) in [7, 11) is 0. The third kappa shape index (κ3) is 4.05. The van der Waals surface area contributed by atoms with Gasteiger partial charge in [-0.05, 0) is 31.2 Å². The Morgan fingerprint density at radius 2 is 1.94 bits per heavy atom. The number of para-hydroxylation sites is 1. The van der Waals surface area contributed by atoms with Gasteiger partial charge in [-0.1, -0.05) is 48.1 Å². The summed E-state index contributed by atoms with van der Waals surface area (Å²) >= 11 is 11.7. The van der Waals surface area contributed by atoms with E-state index in [4.69, 9.17) is 40.3 Å². The summed E-state index contributed by atoms with van der Waals surface area (Å²) in [5.41, 5.74) is 13.0. The smallest absolute Gasteiger partial charge is 0.267 e. The molecule has 0 aliphatic heterocycles. The van der Waals surface area contributed by atoms with Crippen molar-refractivity contribution < 1.29 is 0 Å². The minimum absolute atomic E-state index is 0.0852. The highest BCUT2D eigenvalue weighted by atomic mass is 35.5. The van der Waals surface area contributed by atoms with Gasteiger partial charge in [0, 0.05) is 17.6 Å². The number of benzene rings is 2. The van der Waals surface area contributed by atoms with E-state index in [1.54, 1.807) is 18.2 Å². The predicted molar refractivity (Wildman–Crippen MR) is 132 cm³/mol. The van der Waals surface area contributed by atoms with Crippen molar-refractivity contribution in [3.8, 4) is 5.69 Å². The average molecular weight is 466 g/mol. The lowest BCUT2D eigenvalue weighted by Gasteiger charge is -2.21. The molecule has 162 valence electrons.